The van der Waals surface area contributed by atoms with Crippen LogP contribution in [0.5, 0.6) is 5.75 Å². The number of benzene rings is 1. The van der Waals surface area contributed by atoms with E-state index in [4.69, 9.17) is 0 Å². The first-order chi connectivity index (χ1) is 10.8. The summed E-state index contributed by atoms with van der Waals surface area (Å²) in [4.78, 5) is 13.0. The molecular formula is C20H26BrNO2. The van der Waals surface area contributed by atoms with E-state index in [2.05, 4.69) is 15.9 Å². The first kappa shape index (κ1) is 18.8. The van der Waals surface area contributed by atoms with Gasteiger partial charge >= 0.3 is 0 Å². The van der Waals surface area contributed by atoms with Gasteiger partial charge in [0, 0.05) is 35.5 Å². The van der Waals surface area contributed by atoms with Crippen molar-refractivity contribution in [3.8, 4) is 5.75 Å². The Kier molecular flexibility index (Phi) is 4.75. The summed E-state index contributed by atoms with van der Waals surface area (Å²) in [5.74, 6) is 0.257. The van der Waals surface area contributed by atoms with E-state index in [0.717, 1.165) is 15.7 Å². The minimum atomic E-state index is -0.252. The van der Waals surface area contributed by atoms with Gasteiger partial charge in [-0.3, -0.25) is 4.79 Å². The molecular weight excluding hydrogens is 366 g/mol. The molecule has 24 heavy (non-hydrogen) atoms. The van der Waals surface area contributed by atoms with E-state index in [-0.39, 0.29) is 16.6 Å². The Morgan fingerprint density at radius 2 is 1.42 bits per heavy atom. The third-order valence-corrected chi connectivity index (χ3v) is 4.98. The Labute approximate surface area is 152 Å². The van der Waals surface area contributed by atoms with Crippen LogP contribution in [0.3, 0.4) is 0 Å². The van der Waals surface area contributed by atoms with E-state index in [0.29, 0.717) is 16.9 Å². The highest BCUT2D eigenvalue weighted by Gasteiger charge is 2.28. The molecule has 1 heterocycles. The number of ketones is 1. The van der Waals surface area contributed by atoms with Gasteiger partial charge in [-0.2, -0.15) is 0 Å². The van der Waals surface area contributed by atoms with Crippen molar-refractivity contribution in [1.29, 1.82) is 0 Å². The molecule has 3 nitrogen and oxygen atoms in total. The molecule has 0 saturated heterocycles. The van der Waals surface area contributed by atoms with Gasteiger partial charge in [-0.25, -0.2) is 0 Å². The van der Waals surface area contributed by atoms with Crippen molar-refractivity contribution in [2.45, 2.75) is 52.4 Å². The molecule has 0 aliphatic rings. The Morgan fingerprint density at radius 1 is 0.958 bits per heavy atom. The Balaban J connectivity index is 2.68. The summed E-state index contributed by atoms with van der Waals surface area (Å²) in [6.07, 6.45) is 1.81. The van der Waals surface area contributed by atoms with Crippen LogP contribution in [0.4, 0.5) is 0 Å². The average Bonchev–Trinajstić information content (AvgIpc) is 2.75. The second-order valence-corrected chi connectivity index (χ2v) is 9.22. The number of halogens is 1. The van der Waals surface area contributed by atoms with Gasteiger partial charge in [0.1, 0.15) is 5.75 Å². The van der Waals surface area contributed by atoms with Gasteiger partial charge in [0.05, 0.1) is 4.60 Å². The van der Waals surface area contributed by atoms with Crippen LogP contribution in [-0.2, 0) is 17.9 Å². The van der Waals surface area contributed by atoms with Crippen molar-refractivity contribution in [1.82, 2.24) is 4.57 Å². The molecule has 0 radical (unpaired) electrons. The molecule has 2 rings (SSSR count). The SMILES string of the molecule is Cn1cc(C(=O)c2cc(C(C)(C)C)c(O)c(C(C)(C)C)c2)cc1Br. The summed E-state index contributed by atoms with van der Waals surface area (Å²) >= 11 is 3.43. The predicted octanol–water partition coefficient (Wildman–Crippen LogP) is 5.32. The Morgan fingerprint density at radius 3 is 1.75 bits per heavy atom. The first-order valence-electron chi connectivity index (χ1n) is 8.07. The highest BCUT2D eigenvalue weighted by molar-refractivity contribution is 9.10. The molecule has 2 aromatic rings. The Bertz CT molecular complexity index is 734. The minimum Gasteiger partial charge on any atom is -0.507 e. The van der Waals surface area contributed by atoms with Crippen LogP contribution in [0.1, 0.15) is 68.6 Å². The molecule has 0 saturated carbocycles. The van der Waals surface area contributed by atoms with Crippen molar-refractivity contribution in [3.05, 3.63) is 51.3 Å². The lowest BCUT2D eigenvalue weighted by Crippen LogP contribution is -2.19. The van der Waals surface area contributed by atoms with Crippen LogP contribution in [0.25, 0.3) is 0 Å². The van der Waals surface area contributed by atoms with Crippen molar-refractivity contribution in [3.63, 3.8) is 0 Å². The second-order valence-electron chi connectivity index (χ2n) is 8.41. The lowest BCUT2D eigenvalue weighted by Gasteiger charge is -2.28. The largest absolute Gasteiger partial charge is 0.507 e. The molecule has 0 amide bonds. The predicted molar refractivity (Wildman–Crippen MR) is 102 cm³/mol. The van der Waals surface area contributed by atoms with Gasteiger partial charge in [-0.15, -0.1) is 0 Å². The number of rotatable bonds is 2. The number of phenols is 1. The summed E-state index contributed by atoms with van der Waals surface area (Å²) < 4.78 is 2.72. The second kappa shape index (κ2) is 6.07. The Hall–Kier alpha value is -1.55. The van der Waals surface area contributed by atoms with Crippen LogP contribution in [0.2, 0.25) is 0 Å². The number of aryl methyl sites for hydroxylation is 1. The maximum Gasteiger partial charge on any atom is 0.194 e. The molecule has 0 fully saturated rings. The summed E-state index contributed by atoms with van der Waals surface area (Å²) in [6.45, 7) is 12.3. The van der Waals surface area contributed by atoms with Crippen molar-refractivity contribution in [2.24, 2.45) is 7.05 Å². The van der Waals surface area contributed by atoms with Crippen molar-refractivity contribution >= 4 is 21.7 Å². The van der Waals surface area contributed by atoms with E-state index in [1.165, 1.54) is 0 Å². The van der Waals surface area contributed by atoms with Crippen LogP contribution < -0.4 is 0 Å². The number of hydrogen-bond donors (Lipinski definition) is 1. The highest BCUT2D eigenvalue weighted by atomic mass is 79.9. The van der Waals surface area contributed by atoms with E-state index >= 15 is 0 Å². The van der Waals surface area contributed by atoms with Gasteiger partial charge in [-0.1, -0.05) is 41.5 Å². The fraction of sp³-hybridized carbons (Fsp3) is 0.450. The summed E-state index contributed by atoms with van der Waals surface area (Å²) in [5, 5.41) is 10.8. The number of aromatic nitrogens is 1. The standard InChI is InChI=1S/C20H26BrNO2/c1-19(2,3)14-8-12(9-15(18(14)24)20(4,5)6)17(23)13-10-16(21)22(7)11-13/h8-11,24H,1-7H3. The number of nitrogens with zero attached hydrogens (tertiary/aromatic N) is 1. The average molecular weight is 392 g/mol. The van der Waals surface area contributed by atoms with Crippen LogP contribution in [-0.4, -0.2) is 15.5 Å². The molecule has 0 atom stereocenters. The lowest BCUT2D eigenvalue weighted by atomic mass is 9.78. The molecule has 0 unspecified atom stereocenters. The maximum absolute atomic E-state index is 13.0. The monoisotopic (exact) mass is 391 g/mol. The highest BCUT2D eigenvalue weighted by Crippen LogP contribution is 2.40. The van der Waals surface area contributed by atoms with E-state index in [1.54, 1.807) is 0 Å². The third-order valence-electron chi connectivity index (χ3n) is 4.19. The van der Waals surface area contributed by atoms with Crippen LogP contribution in [0, 0.1) is 0 Å². The summed E-state index contributed by atoms with van der Waals surface area (Å²) in [5.41, 5.74) is 2.34. The number of carbonyl (C=O) groups excluding carboxylic acids is 1. The molecule has 130 valence electrons. The molecule has 0 aliphatic heterocycles. The number of carbonyl (C=O) groups is 1. The van der Waals surface area contributed by atoms with Gasteiger partial charge in [-0.05, 0) is 45.0 Å². The quantitative estimate of drug-likeness (QED) is 0.703. The number of hydrogen-bond acceptors (Lipinski definition) is 2. The molecule has 0 aliphatic carbocycles. The zero-order valence-corrected chi connectivity index (χ0v) is 17.1. The van der Waals surface area contributed by atoms with Gasteiger partial charge in [0.15, 0.2) is 5.78 Å². The molecule has 1 N–H and O–H groups in total. The topological polar surface area (TPSA) is 42.2 Å². The smallest absolute Gasteiger partial charge is 0.194 e. The maximum atomic E-state index is 13.0. The summed E-state index contributed by atoms with van der Waals surface area (Å²) in [7, 11) is 1.89. The zero-order valence-electron chi connectivity index (χ0n) is 15.5. The first-order valence-corrected chi connectivity index (χ1v) is 8.86. The van der Waals surface area contributed by atoms with E-state index in [9.17, 15) is 9.90 Å². The third kappa shape index (κ3) is 3.59. The minimum absolute atomic E-state index is 0.0349. The lowest BCUT2D eigenvalue weighted by molar-refractivity contribution is 0.103. The van der Waals surface area contributed by atoms with Crippen molar-refractivity contribution in [2.75, 3.05) is 0 Å². The fourth-order valence-electron chi connectivity index (χ4n) is 2.74. The molecule has 4 heteroatoms. The zero-order chi connectivity index (χ0) is 18.4. The fourth-order valence-corrected chi connectivity index (χ4v) is 3.09. The van der Waals surface area contributed by atoms with Gasteiger partial charge in [0.2, 0.25) is 0 Å². The molecule has 0 spiro atoms. The molecule has 1 aromatic carbocycles. The summed E-state index contributed by atoms with van der Waals surface area (Å²) in [6, 6.07) is 5.48. The number of aromatic hydroxyl groups is 1. The van der Waals surface area contributed by atoms with Crippen molar-refractivity contribution < 1.29 is 9.90 Å². The molecule has 1 aromatic heterocycles. The van der Waals surface area contributed by atoms with Gasteiger partial charge in [0.25, 0.3) is 0 Å². The van der Waals surface area contributed by atoms with Crippen LogP contribution in [0.15, 0.2) is 29.0 Å². The van der Waals surface area contributed by atoms with Crippen LogP contribution >= 0.6 is 15.9 Å². The number of phenolic OH excluding ortho intramolecular Hbond substituents is 1. The van der Waals surface area contributed by atoms with E-state index < -0.39 is 0 Å². The van der Waals surface area contributed by atoms with E-state index in [1.807, 2.05) is 77.6 Å². The normalized spacial score (nSPS) is 12.5. The van der Waals surface area contributed by atoms with Gasteiger partial charge < -0.3 is 9.67 Å². The molecule has 0 bridgehead atoms.